The van der Waals surface area contributed by atoms with Crippen molar-refractivity contribution in [2.45, 2.75) is 18.4 Å². The Morgan fingerprint density at radius 1 is 1.07 bits per heavy atom. The Balaban J connectivity index is 1.95. The fraction of sp³-hybridized carbons (Fsp3) is 0.227. The number of ether oxygens (including phenoxy) is 1. The van der Waals surface area contributed by atoms with Crippen LogP contribution in [0.25, 0.3) is 10.8 Å². The predicted molar refractivity (Wildman–Crippen MR) is 114 cm³/mol. The minimum absolute atomic E-state index is 0.0438. The van der Waals surface area contributed by atoms with Crippen molar-refractivity contribution >= 4 is 26.7 Å². The largest absolute Gasteiger partial charge is 0.496 e. The number of hydrogen-bond donors (Lipinski definition) is 1. The Kier molecular flexibility index (Phi) is 6.20. The van der Waals surface area contributed by atoms with Crippen LogP contribution in [0.4, 0.5) is 0 Å². The second-order valence-corrected chi connectivity index (χ2v) is 8.67. The van der Waals surface area contributed by atoms with Gasteiger partial charge in [-0.2, -0.15) is 4.31 Å². The Hall–Kier alpha value is -2.90. The number of nitrogens with one attached hydrogen (secondary N) is 1. The summed E-state index contributed by atoms with van der Waals surface area (Å²) in [7, 11) is -0.826. The minimum Gasteiger partial charge on any atom is -0.496 e. The molecule has 0 bridgehead atoms. The normalized spacial score (nSPS) is 11.6. The molecule has 6 nitrogen and oxygen atoms in total. The van der Waals surface area contributed by atoms with E-state index in [9.17, 15) is 13.2 Å². The molecule has 7 heteroatoms. The maximum absolute atomic E-state index is 13.2. The lowest BCUT2D eigenvalue weighted by molar-refractivity contribution is 0.0952. The molecule has 0 unspecified atom stereocenters. The third-order valence-electron chi connectivity index (χ3n) is 4.73. The molecule has 0 fully saturated rings. The Bertz CT molecular complexity index is 1140. The lowest BCUT2D eigenvalue weighted by Gasteiger charge is -2.19. The van der Waals surface area contributed by atoms with Crippen molar-refractivity contribution in [2.24, 2.45) is 0 Å². The SMILES string of the molecule is CCNC(=O)c1cc(S(=O)(=O)N(C)Cc2cccc3ccccc23)ccc1OC. The van der Waals surface area contributed by atoms with Crippen molar-refractivity contribution in [2.75, 3.05) is 20.7 Å². The summed E-state index contributed by atoms with van der Waals surface area (Å²) in [4.78, 5) is 12.4. The molecule has 0 heterocycles. The molecule has 3 rings (SSSR count). The highest BCUT2D eigenvalue weighted by atomic mass is 32.2. The van der Waals surface area contributed by atoms with E-state index in [1.807, 2.05) is 42.5 Å². The molecule has 0 aromatic heterocycles. The Morgan fingerprint density at radius 2 is 1.79 bits per heavy atom. The van der Waals surface area contributed by atoms with Gasteiger partial charge in [0.1, 0.15) is 5.75 Å². The molecular formula is C22H24N2O4S. The molecule has 0 radical (unpaired) electrons. The summed E-state index contributed by atoms with van der Waals surface area (Å²) in [5.41, 5.74) is 1.10. The minimum atomic E-state index is -3.80. The number of benzene rings is 3. The van der Waals surface area contributed by atoms with Gasteiger partial charge in [-0.3, -0.25) is 4.79 Å². The van der Waals surface area contributed by atoms with Crippen LogP contribution in [-0.4, -0.2) is 39.3 Å². The Labute approximate surface area is 171 Å². The monoisotopic (exact) mass is 412 g/mol. The number of nitrogens with zero attached hydrogens (tertiary/aromatic N) is 1. The molecular weight excluding hydrogens is 388 g/mol. The van der Waals surface area contributed by atoms with Gasteiger partial charge in [-0.05, 0) is 41.5 Å². The van der Waals surface area contributed by atoms with Gasteiger partial charge in [0, 0.05) is 20.1 Å². The lowest BCUT2D eigenvalue weighted by Crippen LogP contribution is -2.28. The van der Waals surface area contributed by atoms with Gasteiger partial charge >= 0.3 is 0 Å². The van der Waals surface area contributed by atoms with E-state index in [0.29, 0.717) is 12.3 Å². The quantitative estimate of drug-likeness (QED) is 0.645. The van der Waals surface area contributed by atoms with Gasteiger partial charge in [-0.25, -0.2) is 8.42 Å². The number of fused-ring (bicyclic) bond motifs is 1. The first-order chi connectivity index (χ1) is 13.9. The summed E-state index contributed by atoms with van der Waals surface area (Å²) < 4.78 is 32.8. The zero-order chi connectivity index (χ0) is 21.0. The van der Waals surface area contributed by atoms with E-state index in [-0.39, 0.29) is 22.9 Å². The van der Waals surface area contributed by atoms with Crippen molar-refractivity contribution in [3.63, 3.8) is 0 Å². The molecule has 0 aliphatic rings. The fourth-order valence-corrected chi connectivity index (χ4v) is 4.39. The van der Waals surface area contributed by atoms with E-state index in [4.69, 9.17) is 4.74 Å². The molecule has 0 saturated carbocycles. The van der Waals surface area contributed by atoms with Crippen LogP contribution < -0.4 is 10.1 Å². The molecule has 152 valence electrons. The second kappa shape index (κ2) is 8.63. The van der Waals surface area contributed by atoms with E-state index >= 15 is 0 Å². The molecule has 0 saturated heterocycles. The van der Waals surface area contributed by atoms with E-state index < -0.39 is 10.0 Å². The predicted octanol–water partition coefficient (Wildman–Crippen LogP) is 3.42. The maximum atomic E-state index is 13.2. The maximum Gasteiger partial charge on any atom is 0.255 e. The third-order valence-corrected chi connectivity index (χ3v) is 6.53. The van der Waals surface area contributed by atoms with Crippen LogP contribution in [-0.2, 0) is 16.6 Å². The van der Waals surface area contributed by atoms with Gasteiger partial charge in [0.05, 0.1) is 17.6 Å². The number of amides is 1. The molecule has 1 N–H and O–H groups in total. The second-order valence-electron chi connectivity index (χ2n) is 6.62. The third kappa shape index (κ3) is 4.26. The first-order valence-electron chi connectivity index (χ1n) is 9.27. The number of carbonyl (C=O) groups is 1. The summed E-state index contributed by atoms with van der Waals surface area (Å²) in [5, 5.41) is 4.74. The highest BCUT2D eigenvalue weighted by molar-refractivity contribution is 7.89. The summed E-state index contributed by atoms with van der Waals surface area (Å²) in [6.45, 7) is 2.44. The molecule has 0 atom stereocenters. The van der Waals surface area contributed by atoms with Gasteiger partial charge in [0.15, 0.2) is 0 Å². The zero-order valence-corrected chi connectivity index (χ0v) is 17.5. The van der Waals surface area contributed by atoms with Crippen LogP contribution in [0, 0.1) is 0 Å². The van der Waals surface area contributed by atoms with Gasteiger partial charge in [-0.1, -0.05) is 42.5 Å². The van der Waals surface area contributed by atoms with Crippen LogP contribution in [0.1, 0.15) is 22.8 Å². The van der Waals surface area contributed by atoms with Gasteiger partial charge in [0.25, 0.3) is 5.91 Å². The van der Waals surface area contributed by atoms with Crippen molar-refractivity contribution in [3.05, 3.63) is 71.8 Å². The van der Waals surface area contributed by atoms with Crippen LogP contribution >= 0.6 is 0 Å². The van der Waals surface area contributed by atoms with Gasteiger partial charge in [-0.15, -0.1) is 0 Å². The topological polar surface area (TPSA) is 75.7 Å². The molecule has 0 aliphatic heterocycles. The number of carbonyl (C=O) groups excluding carboxylic acids is 1. The van der Waals surface area contributed by atoms with Crippen LogP contribution in [0.15, 0.2) is 65.6 Å². The van der Waals surface area contributed by atoms with Crippen LogP contribution in [0.3, 0.4) is 0 Å². The highest BCUT2D eigenvalue weighted by Crippen LogP contribution is 2.26. The van der Waals surface area contributed by atoms with Crippen molar-refractivity contribution < 1.29 is 17.9 Å². The Morgan fingerprint density at radius 3 is 2.52 bits per heavy atom. The fourth-order valence-electron chi connectivity index (χ4n) is 3.22. The van der Waals surface area contributed by atoms with Crippen LogP contribution in [0.5, 0.6) is 5.75 Å². The zero-order valence-electron chi connectivity index (χ0n) is 16.7. The summed E-state index contributed by atoms with van der Waals surface area (Å²) in [6, 6.07) is 18.0. The molecule has 0 aliphatic carbocycles. The van der Waals surface area contributed by atoms with Gasteiger partial charge in [0.2, 0.25) is 10.0 Å². The number of methoxy groups -OCH3 is 1. The molecule has 29 heavy (non-hydrogen) atoms. The van der Waals surface area contributed by atoms with E-state index in [0.717, 1.165) is 16.3 Å². The van der Waals surface area contributed by atoms with Crippen LogP contribution in [0.2, 0.25) is 0 Å². The molecule has 3 aromatic carbocycles. The van der Waals surface area contributed by atoms with Crippen molar-refractivity contribution in [1.82, 2.24) is 9.62 Å². The average molecular weight is 413 g/mol. The highest BCUT2D eigenvalue weighted by Gasteiger charge is 2.24. The smallest absolute Gasteiger partial charge is 0.255 e. The molecule has 3 aromatic rings. The first-order valence-corrected chi connectivity index (χ1v) is 10.7. The standard InChI is InChI=1S/C22H24N2O4S/c1-4-23-22(25)20-14-18(12-13-21(20)28-3)29(26,27)24(2)15-17-10-7-9-16-8-5-6-11-19(16)17/h5-14H,4,15H2,1-3H3,(H,23,25). The number of hydrogen-bond acceptors (Lipinski definition) is 4. The number of rotatable bonds is 7. The average Bonchev–Trinajstić information content (AvgIpc) is 2.73. The van der Waals surface area contributed by atoms with E-state index in [1.165, 1.54) is 36.7 Å². The lowest BCUT2D eigenvalue weighted by atomic mass is 10.0. The summed E-state index contributed by atoms with van der Waals surface area (Å²) in [5.74, 6) is -0.0512. The van der Waals surface area contributed by atoms with Crippen molar-refractivity contribution in [1.29, 1.82) is 0 Å². The van der Waals surface area contributed by atoms with Crippen molar-refractivity contribution in [3.8, 4) is 5.75 Å². The van der Waals surface area contributed by atoms with E-state index in [1.54, 1.807) is 6.92 Å². The number of sulfonamides is 1. The summed E-state index contributed by atoms with van der Waals surface area (Å²) >= 11 is 0. The van der Waals surface area contributed by atoms with Gasteiger partial charge < -0.3 is 10.1 Å². The summed E-state index contributed by atoms with van der Waals surface area (Å²) in [6.07, 6.45) is 0. The molecule has 1 amide bonds. The molecule has 0 spiro atoms. The first kappa shape index (κ1) is 20.8. The van der Waals surface area contributed by atoms with E-state index in [2.05, 4.69) is 5.32 Å².